The number of nitrogens with one attached hydrogen (secondary N) is 1. The van der Waals surface area contributed by atoms with E-state index in [2.05, 4.69) is 32.2 Å². The maximum Gasteiger partial charge on any atom is 0.271 e. The third-order valence-electron chi connectivity index (χ3n) is 1.88. The number of allylic oxidation sites excluding steroid dienone is 1. The van der Waals surface area contributed by atoms with Gasteiger partial charge in [-0.3, -0.25) is 4.72 Å². The van der Waals surface area contributed by atoms with Crippen molar-refractivity contribution >= 4 is 54.8 Å². The summed E-state index contributed by atoms with van der Waals surface area (Å²) in [5.41, 5.74) is 0.0297. The lowest BCUT2D eigenvalue weighted by Crippen LogP contribution is -2.27. The molecule has 1 rings (SSSR count). The van der Waals surface area contributed by atoms with E-state index in [9.17, 15) is 8.42 Å². The van der Waals surface area contributed by atoms with Gasteiger partial charge in [-0.25, -0.2) is 13.4 Å². The molecule has 0 aromatic carbocycles. The Hall–Kier alpha value is -0.830. The SMILES string of the molecule is C=C(NS(=O)(=O)c1ccc(Cl)s1)C(=N/C=C(\C)Br)OC. The Labute approximate surface area is 135 Å². The van der Waals surface area contributed by atoms with Crippen molar-refractivity contribution in [1.82, 2.24) is 4.72 Å². The number of thiophene rings is 1. The molecule has 20 heavy (non-hydrogen) atoms. The van der Waals surface area contributed by atoms with E-state index in [0.717, 1.165) is 15.8 Å². The van der Waals surface area contributed by atoms with Gasteiger partial charge in [0.2, 0.25) is 5.90 Å². The summed E-state index contributed by atoms with van der Waals surface area (Å²) >= 11 is 9.87. The third-order valence-corrected chi connectivity index (χ3v) is 5.20. The maximum absolute atomic E-state index is 12.1. The van der Waals surface area contributed by atoms with Gasteiger partial charge < -0.3 is 4.74 Å². The maximum atomic E-state index is 12.1. The molecule has 1 heterocycles. The second-order valence-electron chi connectivity index (χ2n) is 3.50. The van der Waals surface area contributed by atoms with E-state index in [1.54, 1.807) is 6.92 Å². The third kappa shape index (κ3) is 4.93. The van der Waals surface area contributed by atoms with Gasteiger partial charge >= 0.3 is 0 Å². The number of hydrogen-bond donors (Lipinski definition) is 1. The fourth-order valence-corrected chi connectivity index (χ4v) is 3.71. The van der Waals surface area contributed by atoms with Gasteiger partial charge in [-0.1, -0.05) is 34.1 Å². The van der Waals surface area contributed by atoms with Gasteiger partial charge in [0.15, 0.2) is 0 Å². The van der Waals surface area contributed by atoms with Gasteiger partial charge in [0.05, 0.1) is 11.4 Å². The van der Waals surface area contributed by atoms with Crippen molar-refractivity contribution in [2.75, 3.05) is 7.11 Å². The fraction of sp³-hybridized carbons (Fsp3) is 0.182. The zero-order valence-corrected chi connectivity index (χ0v) is 14.7. The van der Waals surface area contributed by atoms with Crippen molar-refractivity contribution in [2.24, 2.45) is 4.99 Å². The molecule has 0 atom stereocenters. The van der Waals surface area contributed by atoms with Crippen LogP contribution in [0.3, 0.4) is 0 Å². The van der Waals surface area contributed by atoms with Crippen LogP contribution in [-0.2, 0) is 14.8 Å². The summed E-state index contributed by atoms with van der Waals surface area (Å²) in [5, 5.41) is 0. The predicted octanol–water partition coefficient (Wildman–Crippen LogP) is 3.49. The van der Waals surface area contributed by atoms with E-state index in [-0.39, 0.29) is 15.8 Å². The minimum Gasteiger partial charge on any atom is -0.480 e. The van der Waals surface area contributed by atoms with Crippen LogP contribution in [0.5, 0.6) is 0 Å². The van der Waals surface area contributed by atoms with Gasteiger partial charge in [-0.2, -0.15) is 0 Å². The monoisotopic (exact) mass is 398 g/mol. The topological polar surface area (TPSA) is 67.8 Å². The van der Waals surface area contributed by atoms with Crippen molar-refractivity contribution in [3.8, 4) is 0 Å². The Morgan fingerprint density at radius 1 is 1.60 bits per heavy atom. The van der Waals surface area contributed by atoms with Crippen LogP contribution in [0.1, 0.15) is 6.92 Å². The van der Waals surface area contributed by atoms with Crippen molar-refractivity contribution in [3.63, 3.8) is 0 Å². The van der Waals surface area contributed by atoms with Crippen LogP contribution in [-0.4, -0.2) is 21.4 Å². The van der Waals surface area contributed by atoms with Gasteiger partial charge in [0, 0.05) is 10.7 Å². The molecular weight excluding hydrogens is 388 g/mol. The number of rotatable bonds is 5. The van der Waals surface area contributed by atoms with Gasteiger partial charge in [0.1, 0.15) is 9.91 Å². The number of methoxy groups -OCH3 is 1. The van der Waals surface area contributed by atoms with E-state index in [1.165, 1.54) is 25.4 Å². The number of sulfonamides is 1. The van der Waals surface area contributed by atoms with E-state index in [4.69, 9.17) is 16.3 Å². The summed E-state index contributed by atoms with van der Waals surface area (Å²) in [6.45, 7) is 5.38. The molecule has 0 unspecified atom stereocenters. The first kappa shape index (κ1) is 17.2. The van der Waals surface area contributed by atoms with Crippen molar-refractivity contribution in [3.05, 3.63) is 39.4 Å². The largest absolute Gasteiger partial charge is 0.480 e. The molecule has 0 radical (unpaired) electrons. The Bertz CT molecular complexity index is 661. The van der Waals surface area contributed by atoms with Gasteiger partial charge in [-0.05, 0) is 19.1 Å². The number of hydrogen-bond acceptors (Lipinski definition) is 5. The quantitative estimate of drug-likeness (QED) is 0.608. The Balaban J connectivity index is 2.94. The molecule has 0 saturated heterocycles. The first-order valence-corrected chi connectivity index (χ1v) is 8.65. The first-order chi connectivity index (χ1) is 9.26. The molecule has 5 nitrogen and oxygen atoms in total. The summed E-state index contributed by atoms with van der Waals surface area (Å²) in [4.78, 5) is 3.96. The van der Waals surface area contributed by atoms with Crippen LogP contribution in [0, 0.1) is 0 Å². The highest BCUT2D eigenvalue weighted by atomic mass is 79.9. The van der Waals surface area contributed by atoms with Crippen LogP contribution in [0.4, 0.5) is 0 Å². The van der Waals surface area contributed by atoms with Crippen LogP contribution < -0.4 is 4.72 Å². The normalized spacial score (nSPS) is 13.2. The predicted molar refractivity (Wildman–Crippen MR) is 85.9 cm³/mol. The lowest BCUT2D eigenvalue weighted by molar-refractivity contribution is 0.402. The molecule has 1 aromatic rings. The molecule has 0 bridgehead atoms. The highest BCUT2D eigenvalue weighted by molar-refractivity contribution is 9.11. The Morgan fingerprint density at radius 2 is 2.25 bits per heavy atom. The molecule has 0 aliphatic heterocycles. The second kappa shape index (κ2) is 7.26. The van der Waals surface area contributed by atoms with Crippen LogP contribution in [0.15, 0.2) is 44.3 Å². The highest BCUT2D eigenvalue weighted by Crippen LogP contribution is 2.25. The number of aliphatic imine (C=N–C) groups is 1. The van der Waals surface area contributed by atoms with Gasteiger partial charge in [0.25, 0.3) is 10.0 Å². The van der Waals surface area contributed by atoms with Crippen LogP contribution in [0.25, 0.3) is 0 Å². The fourth-order valence-electron chi connectivity index (χ4n) is 1.10. The minimum atomic E-state index is -3.74. The summed E-state index contributed by atoms with van der Waals surface area (Å²) in [7, 11) is -2.37. The molecule has 0 fully saturated rings. The van der Waals surface area contributed by atoms with Gasteiger partial charge in [-0.15, -0.1) is 11.3 Å². The molecule has 110 valence electrons. The second-order valence-corrected chi connectivity index (χ2v) is 8.37. The standard InChI is InChI=1S/C11H12BrClN2O3S2/c1-7(12)6-14-11(18-3)8(2)15-20(16,17)10-5-4-9(13)19-10/h4-6,15H,2H2,1,3H3/b7-6+,14-11?. The zero-order valence-electron chi connectivity index (χ0n) is 10.7. The van der Waals surface area contributed by atoms with E-state index < -0.39 is 10.0 Å². The average Bonchev–Trinajstić information content (AvgIpc) is 2.76. The van der Waals surface area contributed by atoms with E-state index in [1.807, 2.05) is 0 Å². The first-order valence-electron chi connectivity index (χ1n) is 5.17. The zero-order chi connectivity index (χ0) is 15.3. The lowest BCUT2D eigenvalue weighted by Gasteiger charge is -2.10. The van der Waals surface area contributed by atoms with E-state index >= 15 is 0 Å². The molecule has 1 N–H and O–H groups in total. The summed E-state index contributed by atoms with van der Waals surface area (Å²) in [6, 6.07) is 2.92. The summed E-state index contributed by atoms with van der Waals surface area (Å²) in [6.07, 6.45) is 1.47. The van der Waals surface area contributed by atoms with Crippen molar-refractivity contribution in [2.45, 2.75) is 11.1 Å². The number of nitrogens with zero attached hydrogens (tertiary/aromatic N) is 1. The number of ether oxygens (including phenoxy) is 1. The minimum absolute atomic E-state index is 0.0297. The van der Waals surface area contributed by atoms with Crippen LogP contribution >= 0.6 is 38.9 Å². The molecular formula is C11H12BrClN2O3S2. The Morgan fingerprint density at radius 3 is 2.70 bits per heavy atom. The smallest absolute Gasteiger partial charge is 0.271 e. The molecule has 0 spiro atoms. The molecule has 1 aromatic heterocycles. The molecule has 9 heteroatoms. The van der Waals surface area contributed by atoms with Crippen molar-refractivity contribution < 1.29 is 13.2 Å². The lowest BCUT2D eigenvalue weighted by atomic mass is 10.5. The molecule has 0 amide bonds. The summed E-state index contributed by atoms with van der Waals surface area (Å²) < 4.78 is 32.6. The highest BCUT2D eigenvalue weighted by Gasteiger charge is 2.19. The summed E-state index contributed by atoms with van der Waals surface area (Å²) in [5.74, 6) is 0.0648. The van der Waals surface area contributed by atoms with Crippen molar-refractivity contribution in [1.29, 1.82) is 0 Å². The Kier molecular flexibility index (Phi) is 6.25. The molecule has 0 aliphatic rings. The van der Waals surface area contributed by atoms with E-state index in [0.29, 0.717) is 4.34 Å². The molecule has 0 saturated carbocycles. The van der Waals surface area contributed by atoms with Crippen LogP contribution in [0.2, 0.25) is 4.34 Å². The molecule has 0 aliphatic carbocycles. The average molecular weight is 400 g/mol. The number of halogens is 2.